The molecule has 8 nitrogen and oxygen atoms in total. The maximum Gasteiger partial charge on any atom is 0.241 e. The minimum absolute atomic E-state index is 0.214. The molecule has 146 valence electrons. The lowest BCUT2D eigenvalue weighted by Gasteiger charge is -2.13. The summed E-state index contributed by atoms with van der Waals surface area (Å²) >= 11 is 0. The molecule has 1 amide bonds. The molecule has 1 unspecified atom stereocenters. The van der Waals surface area contributed by atoms with Crippen LogP contribution in [0.1, 0.15) is 11.1 Å². The maximum absolute atomic E-state index is 12.4. The molecule has 0 saturated heterocycles. The topological polar surface area (TPSA) is 125 Å². The van der Waals surface area contributed by atoms with Gasteiger partial charge in [0.15, 0.2) is 11.5 Å². The van der Waals surface area contributed by atoms with Crippen LogP contribution in [-0.4, -0.2) is 31.5 Å². The second-order valence-electron chi connectivity index (χ2n) is 6.79. The van der Waals surface area contributed by atoms with E-state index in [0.29, 0.717) is 35.6 Å². The normalized spacial score (nSPS) is 12.0. The second kappa shape index (κ2) is 8.07. The molecule has 0 spiro atoms. The van der Waals surface area contributed by atoms with E-state index in [0.717, 1.165) is 11.1 Å². The Balaban J connectivity index is 1.40. The molecule has 4 rings (SSSR count). The Labute approximate surface area is 167 Å². The molecule has 2 heterocycles. The molecule has 29 heavy (non-hydrogen) atoms. The highest BCUT2D eigenvalue weighted by atomic mass is 16.2. The quantitative estimate of drug-likeness (QED) is 0.464. The minimum Gasteiger partial charge on any atom is -0.382 e. The van der Waals surface area contributed by atoms with Gasteiger partial charge >= 0.3 is 0 Å². The highest BCUT2D eigenvalue weighted by molar-refractivity contribution is 5.94. The van der Waals surface area contributed by atoms with Gasteiger partial charge in [-0.2, -0.15) is 0 Å². The average Bonchev–Trinajstić information content (AvgIpc) is 3.14. The van der Waals surface area contributed by atoms with Crippen LogP contribution in [0.4, 0.5) is 11.5 Å². The predicted molar refractivity (Wildman–Crippen MR) is 112 cm³/mol. The van der Waals surface area contributed by atoms with E-state index in [2.05, 4.69) is 20.3 Å². The molecule has 0 fully saturated rings. The van der Waals surface area contributed by atoms with Crippen molar-refractivity contribution in [3.63, 3.8) is 0 Å². The van der Waals surface area contributed by atoms with Crippen molar-refractivity contribution >= 4 is 28.6 Å². The Hall–Kier alpha value is -3.78. The number of carbonyl (C=O) groups is 1. The number of benzene rings is 2. The van der Waals surface area contributed by atoms with Crippen LogP contribution >= 0.6 is 0 Å². The number of nitrogens with one attached hydrogen (secondary N) is 1. The second-order valence-corrected chi connectivity index (χ2v) is 6.79. The van der Waals surface area contributed by atoms with E-state index in [4.69, 9.17) is 11.5 Å². The fourth-order valence-electron chi connectivity index (χ4n) is 3.10. The summed E-state index contributed by atoms with van der Waals surface area (Å²) in [5.74, 6) is 0.146. The zero-order chi connectivity index (χ0) is 20.2. The first-order valence-electron chi connectivity index (χ1n) is 9.21. The Bertz CT molecular complexity index is 1120. The molecule has 2 aromatic carbocycles. The monoisotopic (exact) mass is 387 g/mol. The van der Waals surface area contributed by atoms with Crippen molar-refractivity contribution in [2.75, 3.05) is 11.1 Å². The summed E-state index contributed by atoms with van der Waals surface area (Å²) in [4.78, 5) is 24.8. The van der Waals surface area contributed by atoms with Crippen molar-refractivity contribution in [1.29, 1.82) is 0 Å². The van der Waals surface area contributed by atoms with Crippen LogP contribution in [-0.2, 0) is 17.8 Å². The summed E-state index contributed by atoms with van der Waals surface area (Å²) in [7, 11) is 0. The van der Waals surface area contributed by atoms with Gasteiger partial charge < -0.3 is 21.4 Å². The third kappa shape index (κ3) is 4.22. The van der Waals surface area contributed by atoms with Crippen LogP contribution in [0.25, 0.3) is 11.2 Å². The number of nitrogen functional groups attached to an aromatic ring is 1. The summed E-state index contributed by atoms with van der Waals surface area (Å²) in [5.41, 5.74) is 15.9. The maximum atomic E-state index is 12.4. The third-order valence-electron chi connectivity index (χ3n) is 4.64. The third-order valence-corrected chi connectivity index (χ3v) is 4.64. The molecule has 0 aliphatic rings. The number of aromatic nitrogens is 4. The number of imidazole rings is 1. The Morgan fingerprint density at radius 2 is 1.76 bits per heavy atom. The van der Waals surface area contributed by atoms with Crippen molar-refractivity contribution in [1.82, 2.24) is 19.5 Å². The lowest BCUT2D eigenvalue weighted by molar-refractivity contribution is -0.117. The summed E-state index contributed by atoms with van der Waals surface area (Å²) < 4.78 is 1.90. The summed E-state index contributed by atoms with van der Waals surface area (Å²) in [6, 6.07) is 16.7. The van der Waals surface area contributed by atoms with Crippen LogP contribution in [0, 0.1) is 0 Å². The van der Waals surface area contributed by atoms with E-state index in [1.165, 1.54) is 6.33 Å². The molecule has 0 bridgehead atoms. The van der Waals surface area contributed by atoms with E-state index >= 15 is 0 Å². The van der Waals surface area contributed by atoms with Crippen molar-refractivity contribution in [3.05, 3.63) is 78.4 Å². The number of rotatable bonds is 6. The van der Waals surface area contributed by atoms with Crippen LogP contribution in [0.2, 0.25) is 0 Å². The van der Waals surface area contributed by atoms with Gasteiger partial charge in [0.1, 0.15) is 11.8 Å². The number of fused-ring (bicyclic) bond motifs is 1. The van der Waals surface area contributed by atoms with Gasteiger partial charge in [0.25, 0.3) is 0 Å². The Morgan fingerprint density at radius 3 is 2.52 bits per heavy atom. The first-order chi connectivity index (χ1) is 14.1. The van der Waals surface area contributed by atoms with E-state index < -0.39 is 6.04 Å². The number of nitrogens with zero attached hydrogens (tertiary/aromatic N) is 4. The molecule has 4 aromatic rings. The van der Waals surface area contributed by atoms with Gasteiger partial charge in [-0.1, -0.05) is 42.5 Å². The number of anilines is 2. The zero-order valence-corrected chi connectivity index (χ0v) is 15.7. The van der Waals surface area contributed by atoms with Crippen LogP contribution in [0.15, 0.2) is 67.3 Å². The predicted octanol–water partition coefficient (Wildman–Crippen LogP) is 1.97. The largest absolute Gasteiger partial charge is 0.382 e. The Morgan fingerprint density at radius 1 is 1.00 bits per heavy atom. The van der Waals surface area contributed by atoms with Crippen molar-refractivity contribution in [2.45, 2.75) is 19.0 Å². The first-order valence-corrected chi connectivity index (χ1v) is 9.21. The van der Waals surface area contributed by atoms with Crippen LogP contribution in [0.3, 0.4) is 0 Å². The van der Waals surface area contributed by atoms with Gasteiger partial charge in [0.05, 0.1) is 18.9 Å². The van der Waals surface area contributed by atoms with E-state index in [-0.39, 0.29) is 5.91 Å². The SMILES string of the molecule is Nc1ncnc2c1ncn2Cc1ccc(NC(=O)C(N)Cc2ccccc2)cc1. The van der Waals surface area contributed by atoms with E-state index in [1.54, 1.807) is 6.33 Å². The molecule has 0 radical (unpaired) electrons. The number of nitrogens with two attached hydrogens (primary N) is 2. The van der Waals surface area contributed by atoms with Crippen LogP contribution in [0.5, 0.6) is 0 Å². The number of hydrogen-bond acceptors (Lipinski definition) is 6. The van der Waals surface area contributed by atoms with Gasteiger partial charge in [0, 0.05) is 5.69 Å². The molecular weight excluding hydrogens is 366 g/mol. The van der Waals surface area contributed by atoms with Gasteiger partial charge in [-0.3, -0.25) is 4.79 Å². The molecular formula is C21H21N7O. The van der Waals surface area contributed by atoms with Crippen molar-refractivity contribution in [3.8, 4) is 0 Å². The average molecular weight is 387 g/mol. The summed E-state index contributed by atoms with van der Waals surface area (Å²) in [6.07, 6.45) is 3.60. The number of carbonyl (C=O) groups excluding carboxylic acids is 1. The fraction of sp³-hybridized carbons (Fsp3) is 0.143. The number of amides is 1. The van der Waals surface area contributed by atoms with Crippen molar-refractivity contribution < 1.29 is 4.79 Å². The molecule has 5 N–H and O–H groups in total. The highest BCUT2D eigenvalue weighted by Gasteiger charge is 2.14. The smallest absolute Gasteiger partial charge is 0.241 e. The molecule has 0 aliphatic carbocycles. The zero-order valence-electron chi connectivity index (χ0n) is 15.7. The Kier molecular flexibility index (Phi) is 5.17. The minimum atomic E-state index is -0.612. The van der Waals surface area contributed by atoms with Crippen LogP contribution < -0.4 is 16.8 Å². The lowest BCUT2D eigenvalue weighted by atomic mass is 10.1. The summed E-state index contributed by atoms with van der Waals surface area (Å²) in [5, 5.41) is 2.86. The first kappa shape index (κ1) is 18.6. The molecule has 0 saturated carbocycles. The number of hydrogen-bond donors (Lipinski definition) is 3. The molecule has 8 heteroatoms. The van der Waals surface area contributed by atoms with Gasteiger partial charge in [-0.25, -0.2) is 15.0 Å². The lowest BCUT2D eigenvalue weighted by Crippen LogP contribution is -2.37. The summed E-state index contributed by atoms with van der Waals surface area (Å²) in [6.45, 7) is 0.578. The van der Waals surface area contributed by atoms with Gasteiger partial charge in [-0.15, -0.1) is 0 Å². The molecule has 1 atom stereocenters. The molecule has 0 aliphatic heterocycles. The highest BCUT2D eigenvalue weighted by Crippen LogP contribution is 2.17. The fourth-order valence-corrected chi connectivity index (χ4v) is 3.10. The van der Waals surface area contributed by atoms with E-state index in [1.807, 2.05) is 59.2 Å². The standard InChI is InChI=1S/C21H21N7O/c22-17(10-14-4-2-1-3-5-14)21(29)27-16-8-6-15(7-9-16)11-28-13-26-18-19(23)24-12-25-20(18)28/h1-9,12-13,17H,10-11,22H2,(H,27,29)(H2,23,24,25). The van der Waals surface area contributed by atoms with E-state index in [9.17, 15) is 4.79 Å². The van der Waals surface area contributed by atoms with Gasteiger partial charge in [0.2, 0.25) is 5.91 Å². The van der Waals surface area contributed by atoms with Gasteiger partial charge in [-0.05, 0) is 29.7 Å². The molecule has 2 aromatic heterocycles. The van der Waals surface area contributed by atoms with Crippen molar-refractivity contribution in [2.24, 2.45) is 5.73 Å².